The van der Waals surface area contributed by atoms with E-state index < -0.39 is 5.97 Å². The van der Waals surface area contributed by atoms with Gasteiger partial charge < -0.3 is 9.72 Å². The van der Waals surface area contributed by atoms with Crippen LogP contribution in [0.4, 0.5) is 4.53 Å². The zero-order valence-electron chi connectivity index (χ0n) is 7.78. The maximum atomic E-state index is 11.6. The Morgan fingerprint density at radius 3 is 3.00 bits per heavy atom. The largest absolute Gasteiger partial charge is 0.497 e. The summed E-state index contributed by atoms with van der Waals surface area (Å²) in [6.45, 7) is 0. The third-order valence-corrected chi connectivity index (χ3v) is 1.95. The van der Waals surface area contributed by atoms with Crippen molar-refractivity contribution in [1.29, 1.82) is 0 Å². The summed E-state index contributed by atoms with van der Waals surface area (Å²) >= 11 is 0. The monoisotopic (exact) mass is 210 g/mol. The third-order valence-electron chi connectivity index (χ3n) is 1.95. The van der Waals surface area contributed by atoms with Crippen molar-refractivity contribution in [2.75, 3.05) is 7.11 Å². The van der Waals surface area contributed by atoms with Crippen LogP contribution in [0.25, 0.3) is 11.0 Å². The predicted octanol–water partition coefficient (Wildman–Crippen LogP) is 1.61. The SMILES string of the molecule is COc1ccc2nc(C(=O)OF)[nH]c2c1. The normalized spacial score (nSPS) is 10.3. The van der Waals surface area contributed by atoms with Gasteiger partial charge in [0, 0.05) is 10.6 Å². The Kier molecular flexibility index (Phi) is 2.24. The Balaban J connectivity index is 2.51. The first kappa shape index (κ1) is 9.45. The molecule has 2 aromatic rings. The molecule has 1 N–H and O–H groups in total. The van der Waals surface area contributed by atoms with Gasteiger partial charge in [-0.25, -0.2) is 14.7 Å². The smallest absolute Gasteiger partial charge is 0.414 e. The lowest BCUT2D eigenvalue weighted by Crippen LogP contribution is -2.00. The zero-order valence-corrected chi connectivity index (χ0v) is 7.78. The number of methoxy groups -OCH3 is 1. The summed E-state index contributed by atoms with van der Waals surface area (Å²) in [5.41, 5.74) is 1.12. The van der Waals surface area contributed by atoms with Crippen LogP contribution < -0.4 is 4.74 Å². The lowest BCUT2D eigenvalue weighted by Gasteiger charge is -1.96. The minimum atomic E-state index is -1.15. The molecule has 1 aromatic heterocycles. The van der Waals surface area contributed by atoms with Crippen LogP contribution in [-0.4, -0.2) is 23.0 Å². The van der Waals surface area contributed by atoms with Crippen molar-refractivity contribution in [1.82, 2.24) is 9.97 Å². The van der Waals surface area contributed by atoms with Gasteiger partial charge in [0.15, 0.2) is 0 Å². The lowest BCUT2D eigenvalue weighted by molar-refractivity contribution is -0.0797. The van der Waals surface area contributed by atoms with Crippen LogP contribution in [0.2, 0.25) is 0 Å². The molecule has 0 aliphatic heterocycles. The number of nitrogens with one attached hydrogen (secondary N) is 1. The first-order valence-electron chi connectivity index (χ1n) is 4.11. The molecule has 5 nitrogen and oxygen atoms in total. The van der Waals surface area contributed by atoms with Crippen LogP contribution in [0.5, 0.6) is 5.75 Å². The molecule has 6 heteroatoms. The van der Waals surface area contributed by atoms with Crippen molar-refractivity contribution >= 4 is 17.0 Å². The Morgan fingerprint density at radius 1 is 1.53 bits per heavy atom. The standard InChI is InChI=1S/C9H7FN2O3/c1-14-5-2-3-6-7(4-5)12-8(11-6)9(13)15-10/h2-4H,1H3,(H,11,12). The zero-order chi connectivity index (χ0) is 10.8. The summed E-state index contributed by atoms with van der Waals surface area (Å²) in [4.78, 5) is 20.3. The minimum Gasteiger partial charge on any atom is -0.497 e. The number of nitrogens with zero attached hydrogens (tertiary/aromatic N) is 1. The van der Waals surface area contributed by atoms with Gasteiger partial charge in [0.1, 0.15) is 5.75 Å². The molecule has 78 valence electrons. The van der Waals surface area contributed by atoms with Crippen molar-refractivity contribution in [3.8, 4) is 5.75 Å². The molecular weight excluding hydrogens is 203 g/mol. The van der Waals surface area contributed by atoms with E-state index in [9.17, 15) is 9.32 Å². The predicted molar refractivity (Wildman–Crippen MR) is 49.2 cm³/mol. The van der Waals surface area contributed by atoms with E-state index >= 15 is 0 Å². The van der Waals surface area contributed by atoms with E-state index in [0.717, 1.165) is 0 Å². The van der Waals surface area contributed by atoms with E-state index in [0.29, 0.717) is 16.8 Å². The molecule has 1 aromatic carbocycles. The molecule has 0 amide bonds. The quantitative estimate of drug-likeness (QED) is 0.817. The van der Waals surface area contributed by atoms with Crippen LogP contribution >= 0.6 is 0 Å². The molecule has 0 bridgehead atoms. The number of carbonyl (C=O) groups is 1. The van der Waals surface area contributed by atoms with Crippen molar-refractivity contribution in [3.05, 3.63) is 24.0 Å². The number of imidazole rings is 1. The maximum Gasteiger partial charge on any atom is 0.414 e. The first-order chi connectivity index (χ1) is 7.24. The summed E-state index contributed by atoms with van der Waals surface area (Å²) in [6.07, 6.45) is 0. The molecule has 0 unspecified atom stereocenters. The summed E-state index contributed by atoms with van der Waals surface area (Å²) in [7, 11) is 1.52. The van der Waals surface area contributed by atoms with Crippen LogP contribution in [0.15, 0.2) is 18.2 Å². The van der Waals surface area contributed by atoms with Gasteiger partial charge >= 0.3 is 5.97 Å². The van der Waals surface area contributed by atoms with Crippen molar-refractivity contribution in [2.24, 2.45) is 0 Å². The van der Waals surface area contributed by atoms with Gasteiger partial charge in [-0.1, -0.05) is 0 Å². The summed E-state index contributed by atoms with van der Waals surface area (Å²) in [5, 5.41) is 0. The molecular formula is C9H7FN2O3. The van der Waals surface area contributed by atoms with Gasteiger partial charge in [-0.15, -0.1) is 0 Å². The summed E-state index contributed by atoms with van der Waals surface area (Å²) in [5.74, 6) is -0.711. The first-order valence-corrected chi connectivity index (χ1v) is 4.11. The number of H-pyrrole nitrogens is 1. The molecule has 0 radical (unpaired) electrons. The van der Waals surface area contributed by atoms with E-state index in [1.54, 1.807) is 18.2 Å². The number of rotatable bonds is 2. The average Bonchev–Trinajstić information content (AvgIpc) is 2.70. The highest BCUT2D eigenvalue weighted by molar-refractivity contribution is 5.90. The number of fused-ring (bicyclic) bond motifs is 1. The van der Waals surface area contributed by atoms with Crippen LogP contribution in [0.1, 0.15) is 10.6 Å². The Bertz CT molecular complexity index is 509. The van der Waals surface area contributed by atoms with Crippen LogP contribution in [0.3, 0.4) is 0 Å². The van der Waals surface area contributed by atoms with Gasteiger partial charge in [-0.05, 0) is 12.1 Å². The molecule has 2 rings (SSSR count). The van der Waals surface area contributed by atoms with Gasteiger partial charge in [0.05, 0.1) is 18.1 Å². The number of hydrogen-bond donors (Lipinski definition) is 1. The second-order valence-electron chi connectivity index (χ2n) is 2.83. The van der Waals surface area contributed by atoms with Crippen molar-refractivity contribution in [2.45, 2.75) is 0 Å². The molecule has 0 aliphatic carbocycles. The molecule has 0 spiro atoms. The number of benzene rings is 1. The maximum absolute atomic E-state index is 11.6. The van der Waals surface area contributed by atoms with Crippen LogP contribution in [0, 0.1) is 0 Å². The number of aromatic amines is 1. The molecule has 0 saturated carbocycles. The molecule has 1 heterocycles. The second-order valence-corrected chi connectivity index (χ2v) is 2.83. The number of hydrogen-bond acceptors (Lipinski definition) is 4. The molecule has 0 atom stereocenters. The van der Waals surface area contributed by atoms with E-state index in [1.165, 1.54) is 7.11 Å². The number of ether oxygens (including phenoxy) is 1. The summed E-state index contributed by atoms with van der Waals surface area (Å²) < 4.78 is 16.6. The fourth-order valence-electron chi connectivity index (χ4n) is 1.25. The van der Waals surface area contributed by atoms with E-state index in [2.05, 4.69) is 14.9 Å². The number of aromatic nitrogens is 2. The topological polar surface area (TPSA) is 64.2 Å². The van der Waals surface area contributed by atoms with Crippen LogP contribution in [-0.2, 0) is 4.94 Å². The highest BCUT2D eigenvalue weighted by Crippen LogP contribution is 2.18. The van der Waals surface area contributed by atoms with Crippen molar-refractivity contribution < 1.29 is 19.0 Å². The molecule has 0 aliphatic rings. The van der Waals surface area contributed by atoms with E-state index in [-0.39, 0.29) is 5.82 Å². The lowest BCUT2D eigenvalue weighted by atomic mass is 10.3. The van der Waals surface area contributed by atoms with Gasteiger partial charge in [-0.3, -0.25) is 0 Å². The highest BCUT2D eigenvalue weighted by atomic mass is 19.3. The number of halogens is 1. The fourth-order valence-corrected chi connectivity index (χ4v) is 1.25. The Labute approximate surface area is 83.7 Å². The number of carbonyl (C=O) groups excluding carboxylic acids is 1. The highest BCUT2D eigenvalue weighted by Gasteiger charge is 2.13. The Hall–Kier alpha value is -2.11. The second kappa shape index (κ2) is 3.56. The summed E-state index contributed by atoms with van der Waals surface area (Å²) in [6, 6.07) is 4.99. The van der Waals surface area contributed by atoms with Gasteiger partial charge in [-0.2, -0.15) is 0 Å². The molecule has 0 saturated heterocycles. The van der Waals surface area contributed by atoms with Gasteiger partial charge in [0.25, 0.3) is 0 Å². The molecule has 15 heavy (non-hydrogen) atoms. The Morgan fingerprint density at radius 2 is 2.33 bits per heavy atom. The van der Waals surface area contributed by atoms with Crippen molar-refractivity contribution in [3.63, 3.8) is 0 Å². The van der Waals surface area contributed by atoms with E-state index in [1.807, 2.05) is 0 Å². The van der Waals surface area contributed by atoms with E-state index in [4.69, 9.17) is 4.74 Å². The fraction of sp³-hybridized carbons (Fsp3) is 0.111. The third kappa shape index (κ3) is 1.61. The molecule has 0 fully saturated rings. The average molecular weight is 210 g/mol. The van der Waals surface area contributed by atoms with Gasteiger partial charge in [0.2, 0.25) is 5.82 Å². The minimum absolute atomic E-state index is 0.180.